The number of ketones is 2. The third-order valence-electron chi connectivity index (χ3n) is 1.51. The van der Waals surface area contributed by atoms with Crippen LogP contribution < -0.4 is 29.6 Å². The van der Waals surface area contributed by atoms with E-state index in [1.54, 1.807) is 24.3 Å². The minimum absolute atomic E-state index is 0. The van der Waals surface area contributed by atoms with Gasteiger partial charge in [0.1, 0.15) is 5.78 Å². The molecule has 0 aliphatic heterocycles. The Labute approximate surface area is 101 Å². The van der Waals surface area contributed by atoms with Crippen LogP contribution >= 0.6 is 0 Å². The fourth-order valence-corrected chi connectivity index (χ4v) is 0.952. The van der Waals surface area contributed by atoms with Crippen molar-refractivity contribution in [3.63, 3.8) is 0 Å². The molecule has 13 heavy (non-hydrogen) atoms. The minimum Gasteiger partial charge on any atom is -1.00 e. The molecule has 0 N–H and O–H groups in total. The maximum absolute atomic E-state index is 11.2. The first-order valence-electron chi connectivity index (χ1n) is 3.78. The van der Waals surface area contributed by atoms with Gasteiger partial charge in [-0.2, -0.15) is 0 Å². The van der Waals surface area contributed by atoms with Crippen molar-refractivity contribution in [3.05, 3.63) is 35.9 Å². The van der Waals surface area contributed by atoms with E-state index in [1.165, 1.54) is 6.92 Å². The quantitative estimate of drug-likeness (QED) is 0.343. The Kier molecular flexibility index (Phi) is 5.88. The average Bonchev–Trinajstić information content (AvgIpc) is 2.05. The van der Waals surface area contributed by atoms with Gasteiger partial charge < -0.3 is 1.43 Å². The van der Waals surface area contributed by atoms with E-state index >= 15 is 0 Å². The van der Waals surface area contributed by atoms with E-state index in [4.69, 9.17) is 0 Å². The van der Waals surface area contributed by atoms with Crippen molar-refractivity contribution in [2.45, 2.75) is 13.3 Å². The summed E-state index contributed by atoms with van der Waals surface area (Å²) in [5.41, 5.74) is 0.604. The van der Waals surface area contributed by atoms with E-state index in [1.807, 2.05) is 6.07 Å². The third-order valence-corrected chi connectivity index (χ3v) is 1.51. The molecule has 0 spiro atoms. The predicted molar refractivity (Wildman–Crippen MR) is 47.2 cm³/mol. The number of carbonyl (C=O) groups excluding carboxylic acids is 2. The summed E-state index contributed by atoms with van der Waals surface area (Å²) in [6, 6.07) is 8.84. The summed E-state index contributed by atoms with van der Waals surface area (Å²) in [7, 11) is 0. The van der Waals surface area contributed by atoms with Gasteiger partial charge in [-0.15, -0.1) is 0 Å². The maximum Gasteiger partial charge on any atom is 1.00 e. The summed E-state index contributed by atoms with van der Waals surface area (Å²) < 4.78 is 0. The molecule has 2 nitrogen and oxygen atoms in total. The minimum atomic E-state index is -0.108. The largest absolute Gasteiger partial charge is 1.00 e. The van der Waals surface area contributed by atoms with Gasteiger partial charge in [-0.3, -0.25) is 9.59 Å². The number of hydrogen-bond donors (Lipinski definition) is 0. The molecule has 0 aliphatic rings. The van der Waals surface area contributed by atoms with Crippen molar-refractivity contribution in [1.29, 1.82) is 0 Å². The van der Waals surface area contributed by atoms with Gasteiger partial charge in [-0.05, 0) is 6.92 Å². The second kappa shape index (κ2) is 6.08. The first kappa shape index (κ1) is 12.6. The van der Waals surface area contributed by atoms with Crippen molar-refractivity contribution >= 4 is 11.6 Å². The Hall–Kier alpha value is -0.440. The summed E-state index contributed by atoms with van der Waals surface area (Å²) in [6.45, 7) is 1.42. The summed E-state index contributed by atoms with van der Waals surface area (Å²) in [4.78, 5) is 21.8. The number of benzene rings is 1. The van der Waals surface area contributed by atoms with Crippen molar-refractivity contribution in [3.8, 4) is 0 Å². The monoisotopic (exact) mass is 186 g/mol. The third kappa shape index (κ3) is 4.36. The summed E-state index contributed by atoms with van der Waals surface area (Å²) in [5, 5.41) is 0. The maximum atomic E-state index is 11.2. The predicted octanol–water partition coefficient (Wildman–Crippen LogP) is -1.04. The van der Waals surface area contributed by atoms with Gasteiger partial charge >= 0.3 is 29.6 Å². The molecule has 0 saturated carbocycles. The van der Waals surface area contributed by atoms with Crippen LogP contribution in [-0.4, -0.2) is 11.6 Å². The molecule has 1 rings (SSSR count). The molecule has 0 aliphatic carbocycles. The van der Waals surface area contributed by atoms with E-state index in [2.05, 4.69) is 0 Å². The molecule has 1 aromatic rings. The average molecular weight is 186 g/mol. The van der Waals surface area contributed by atoms with E-state index in [9.17, 15) is 9.59 Å². The Morgan fingerprint density at radius 1 is 1.23 bits per heavy atom. The molecule has 0 atom stereocenters. The molecule has 64 valence electrons. The fourth-order valence-electron chi connectivity index (χ4n) is 0.952. The summed E-state index contributed by atoms with van der Waals surface area (Å²) in [6.07, 6.45) is 0.00398. The standard InChI is InChI=1S/C10H10O2.Na.H/c1-8(11)7-10(12)9-5-3-2-4-6-9;;/h2-6H,7H2,1H3;;/q;+1;-1. The zero-order valence-electron chi connectivity index (χ0n) is 8.91. The molecule has 0 saturated heterocycles. The number of carbonyl (C=O) groups is 2. The van der Waals surface area contributed by atoms with Crippen LogP contribution in [0.15, 0.2) is 30.3 Å². The molecular weight excluding hydrogens is 175 g/mol. The fraction of sp³-hybridized carbons (Fsp3) is 0.200. The van der Waals surface area contributed by atoms with Crippen molar-refractivity contribution in [2.75, 3.05) is 0 Å². The van der Waals surface area contributed by atoms with E-state index in [0.29, 0.717) is 5.56 Å². The van der Waals surface area contributed by atoms with Gasteiger partial charge in [0.05, 0.1) is 6.42 Å². The zero-order valence-corrected chi connectivity index (χ0v) is 9.91. The van der Waals surface area contributed by atoms with Crippen LogP contribution in [0.3, 0.4) is 0 Å². The number of rotatable bonds is 3. The molecule has 1 aromatic carbocycles. The number of hydrogen-bond acceptors (Lipinski definition) is 2. The smallest absolute Gasteiger partial charge is 1.00 e. The van der Waals surface area contributed by atoms with Crippen LogP contribution in [0.1, 0.15) is 25.1 Å². The molecule has 0 bridgehead atoms. The normalized spacial score (nSPS) is 8.69. The molecule has 0 amide bonds. The molecule has 3 heteroatoms. The van der Waals surface area contributed by atoms with Gasteiger partial charge in [-0.25, -0.2) is 0 Å². The van der Waals surface area contributed by atoms with Crippen LogP contribution in [0.2, 0.25) is 0 Å². The molecule has 0 unspecified atom stereocenters. The zero-order chi connectivity index (χ0) is 8.97. The molecule has 0 radical (unpaired) electrons. The van der Waals surface area contributed by atoms with Gasteiger partial charge in [0, 0.05) is 5.56 Å². The summed E-state index contributed by atoms with van der Waals surface area (Å²) in [5.74, 6) is -0.202. The second-order valence-electron chi connectivity index (χ2n) is 2.67. The van der Waals surface area contributed by atoms with Crippen molar-refractivity contribution < 1.29 is 40.6 Å². The number of Topliss-reactive ketones (excluding diaryl/α,β-unsaturated/α-hetero) is 2. The van der Waals surface area contributed by atoms with Crippen molar-refractivity contribution in [2.24, 2.45) is 0 Å². The molecule has 0 aromatic heterocycles. The van der Waals surface area contributed by atoms with Crippen LogP contribution in [0.5, 0.6) is 0 Å². The first-order chi connectivity index (χ1) is 5.70. The van der Waals surface area contributed by atoms with E-state index < -0.39 is 0 Å². The van der Waals surface area contributed by atoms with Crippen LogP contribution in [-0.2, 0) is 4.79 Å². The Morgan fingerprint density at radius 2 is 1.77 bits per heavy atom. The Bertz CT molecular complexity index is 298. The van der Waals surface area contributed by atoms with Crippen LogP contribution in [0.4, 0.5) is 0 Å². The Morgan fingerprint density at radius 3 is 2.23 bits per heavy atom. The van der Waals surface area contributed by atoms with Crippen LogP contribution in [0, 0.1) is 0 Å². The topological polar surface area (TPSA) is 34.1 Å². The molecular formula is C10H11NaO2. The van der Waals surface area contributed by atoms with Gasteiger partial charge in [0.2, 0.25) is 0 Å². The van der Waals surface area contributed by atoms with Gasteiger partial charge in [0.25, 0.3) is 0 Å². The van der Waals surface area contributed by atoms with E-state index in [0.717, 1.165) is 0 Å². The first-order valence-corrected chi connectivity index (χ1v) is 3.78. The Balaban J connectivity index is 0. The SMILES string of the molecule is CC(=O)CC(=O)c1ccccc1.[H-].[Na+]. The van der Waals surface area contributed by atoms with Gasteiger partial charge in [0.15, 0.2) is 5.78 Å². The van der Waals surface area contributed by atoms with Crippen molar-refractivity contribution in [1.82, 2.24) is 0 Å². The second-order valence-corrected chi connectivity index (χ2v) is 2.67. The van der Waals surface area contributed by atoms with E-state index in [-0.39, 0.29) is 49.0 Å². The molecule has 0 fully saturated rings. The van der Waals surface area contributed by atoms with Gasteiger partial charge in [-0.1, -0.05) is 30.3 Å². The molecule has 0 heterocycles. The summed E-state index contributed by atoms with van der Waals surface area (Å²) >= 11 is 0. The van der Waals surface area contributed by atoms with Crippen LogP contribution in [0.25, 0.3) is 0 Å².